The summed E-state index contributed by atoms with van der Waals surface area (Å²) in [6.45, 7) is 5.42. The zero-order valence-corrected chi connectivity index (χ0v) is 14.8. The van der Waals surface area contributed by atoms with Gasteiger partial charge in [0.1, 0.15) is 6.04 Å². The number of hydrogen-bond donors (Lipinski definition) is 4. The Morgan fingerprint density at radius 1 is 1.25 bits per heavy atom. The molecule has 0 saturated carbocycles. The van der Waals surface area contributed by atoms with E-state index in [1.165, 1.54) is 0 Å². The van der Waals surface area contributed by atoms with Crippen LogP contribution in [0.15, 0.2) is 30.3 Å². The maximum absolute atomic E-state index is 12.4. The van der Waals surface area contributed by atoms with E-state index in [2.05, 4.69) is 16.0 Å². The van der Waals surface area contributed by atoms with Gasteiger partial charge in [-0.2, -0.15) is 0 Å². The Morgan fingerprint density at radius 2 is 1.92 bits per heavy atom. The minimum Gasteiger partial charge on any atom is -0.391 e. The van der Waals surface area contributed by atoms with Gasteiger partial charge in [0.2, 0.25) is 5.91 Å². The summed E-state index contributed by atoms with van der Waals surface area (Å²) in [6.07, 6.45) is -0.438. The van der Waals surface area contributed by atoms with E-state index >= 15 is 0 Å². The van der Waals surface area contributed by atoms with Crippen LogP contribution in [0.2, 0.25) is 0 Å². The number of nitrogens with one attached hydrogen (secondary N) is 3. The quantitative estimate of drug-likeness (QED) is 0.600. The number of halogens is 1. The van der Waals surface area contributed by atoms with Crippen LogP contribution in [0.4, 0.5) is 0 Å². The van der Waals surface area contributed by atoms with Crippen molar-refractivity contribution in [3.05, 3.63) is 35.9 Å². The topological polar surface area (TPSA) is 90.5 Å². The van der Waals surface area contributed by atoms with Crippen molar-refractivity contribution in [3.63, 3.8) is 0 Å². The molecule has 1 heterocycles. The summed E-state index contributed by atoms with van der Waals surface area (Å²) in [5.74, 6) is -0.503. The molecule has 24 heavy (non-hydrogen) atoms. The molecule has 2 amide bonds. The molecule has 2 rings (SSSR count). The van der Waals surface area contributed by atoms with Crippen LogP contribution in [0.1, 0.15) is 24.2 Å². The van der Waals surface area contributed by atoms with Crippen LogP contribution in [0.3, 0.4) is 0 Å². The van der Waals surface area contributed by atoms with Crippen LogP contribution in [-0.2, 0) is 4.79 Å². The molecule has 0 radical (unpaired) electrons. The van der Waals surface area contributed by atoms with Gasteiger partial charge in [-0.25, -0.2) is 0 Å². The average molecular weight is 356 g/mol. The Labute approximate surface area is 148 Å². The van der Waals surface area contributed by atoms with Gasteiger partial charge >= 0.3 is 0 Å². The summed E-state index contributed by atoms with van der Waals surface area (Å²) < 4.78 is 0. The zero-order chi connectivity index (χ0) is 16.8. The Bertz CT molecular complexity index is 539. The highest BCUT2D eigenvalue weighted by Gasteiger charge is 2.28. The zero-order valence-electron chi connectivity index (χ0n) is 14.0. The fraction of sp³-hybridized carbons (Fsp3) is 0.529. The lowest BCUT2D eigenvalue weighted by molar-refractivity contribution is -0.124. The molecule has 3 atom stereocenters. The number of hydrogen-bond acceptors (Lipinski definition) is 4. The molecule has 0 aromatic heterocycles. The summed E-state index contributed by atoms with van der Waals surface area (Å²) in [7, 11) is 0. The molecule has 7 heteroatoms. The van der Waals surface area contributed by atoms with Gasteiger partial charge in [0, 0.05) is 31.1 Å². The number of benzene rings is 1. The van der Waals surface area contributed by atoms with Crippen LogP contribution in [0, 0.1) is 11.8 Å². The molecular weight excluding hydrogens is 330 g/mol. The SMILES string of the molecule is CC(C)C(NC(=O)c1ccccc1)C(=O)NCC1CNCC1O.Cl. The van der Waals surface area contributed by atoms with Gasteiger partial charge in [0.15, 0.2) is 0 Å². The van der Waals surface area contributed by atoms with Crippen LogP contribution >= 0.6 is 12.4 Å². The molecule has 1 fully saturated rings. The highest BCUT2D eigenvalue weighted by atomic mass is 35.5. The third-order valence-electron chi connectivity index (χ3n) is 4.11. The van der Waals surface area contributed by atoms with E-state index in [-0.39, 0.29) is 36.1 Å². The third-order valence-corrected chi connectivity index (χ3v) is 4.11. The lowest BCUT2D eigenvalue weighted by Gasteiger charge is -2.23. The number of aliphatic hydroxyl groups excluding tert-OH is 1. The summed E-state index contributed by atoms with van der Waals surface area (Å²) in [5, 5.41) is 18.5. The number of rotatable bonds is 6. The van der Waals surface area contributed by atoms with Crippen molar-refractivity contribution in [2.75, 3.05) is 19.6 Å². The molecule has 0 spiro atoms. The third kappa shape index (κ3) is 5.47. The second-order valence-corrected chi connectivity index (χ2v) is 6.29. The van der Waals surface area contributed by atoms with Crippen LogP contribution < -0.4 is 16.0 Å². The van der Waals surface area contributed by atoms with Crippen LogP contribution in [0.25, 0.3) is 0 Å². The van der Waals surface area contributed by atoms with Crippen molar-refractivity contribution in [1.82, 2.24) is 16.0 Å². The smallest absolute Gasteiger partial charge is 0.251 e. The number of aliphatic hydroxyl groups is 1. The molecule has 1 aliphatic heterocycles. The van der Waals surface area contributed by atoms with Crippen molar-refractivity contribution in [2.24, 2.45) is 11.8 Å². The maximum Gasteiger partial charge on any atom is 0.251 e. The molecule has 1 aliphatic rings. The Morgan fingerprint density at radius 3 is 2.46 bits per heavy atom. The van der Waals surface area contributed by atoms with Crippen molar-refractivity contribution in [3.8, 4) is 0 Å². The van der Waals surface area contributed by atoms with Crippen LogP contribution in [-0.4, -0.2) is 48.7 Å². The molecule has 1 aromatic carbocycles. The minimum atomic E-state index is -0.603. The highest BCUT2D eigenvalue weighted by molar-refractivity contribution is 5.97. The van der Waals surface area contributed by atoms with Gasteiger partial charge in [-0.05, 0) is 18.1 Å². The Balaban J connectivity index is 0.00000288. The number of carbonyl (C=O) groups excluding carboxylic acids is 2. The Kier molecular flexibility index (Phi) is 8.18. The highest BCUT2D eigenvalue weighted by Crippen LogP contribution is 2.09. The number of β-amino-alcohol motifs (C(OH)–C–C–N with tert-alkyl or cyclic N) is 1. The molecule has 6 nitrogen and oxygen atoms in total. The Hall–Kier alpha value is -1.63. The molecule has 1 saturated heterocycles. The first-order valence-electron chi connectivity index (χ1n) is 8.01. The largest absolute Gasteiger partial charge is 0.391 e. The van der Waals surface area contributed by atoms with Crippen molar-refractivity contribution >= 4 is 24.2 Å². The van der Waals surface area contributed by atoms with E-state index < -0.39 is 12.1 Å². The summed E-state index contributed by atoms with van der Waals surface area (Å²) in [6, 6.07) is 8.23. The predicted molar refractivity (Wildman–Crippen MR) is 95.2 cm³/mol. The second kappa shape index (κ2) is 9.61. The van der Waals surface area contributed by atoms with Gasteiger partial charge in [-0.1, -0.05) is 32.0 Å². The first-order chi connectivity index (χ1) is 11.0. The summed E-state index contributed by atoms with van der Waals surface area (Å²) in [4.78, 5) is 24.6. The lowest BCUT2D eigenvalue weighted by Crippen LogP contribution is -2.51. The van der Waals surface area contributed by atoms with E-state index in [4.69, 9.17) is 0 Å². The van der Waals surface area contributed by atoms with Gasteiger partial charge in [0.05, 0.1) is 6.10 Å². The molecule has 0 aliphatic carbocycles. The molecule has 134 valence electrons. The minimum absolute atomic E-state index is 0. The number of carbonyl (C=O) groups is 2. The van der Waals surface area contributed by atoms with Crippen molar-refractivity contribution in [1.29, 1.82) is 0 Å². The average Bonchev–Trinajstić information content (AvgIpc) is 2.95. The van der Waals surface area contributed by atoms with E-state index in [1.54, 1.807) is 24.3 Å². The predicted octanol–water partition coefficient (Wildman–Crippen LogP) is 0.559. The van der Waals surface area contributed by atoms with Crippen molar-refractivity contribution < 1.29 is 14.7 Å². The molecule has 3 unspecified atom stereocenters. The fourth-order valence-corrected chi connectivity index (χ4v) is 2.62. The maximum atomic E-state index is 12.4. The lowest BCUT2D eigenvalue weighted by atomic mass is 10.0. The normalized spacial score (nSPS) is 21.0. The van der Waals surface area contributed by atoms with E-state index in [0.29, 0.717) is 25.2 Å². The van der Waals surface area contributed by atoms with Gasteiger partial charge in [0.25, 0.3) is 5.91 Å². The fourth-order valence-electron chi connectivity index (χ4n) is 2.62. The van der Waals surface area contributed by atoms with Gasteiger partial charge in [-0.3, -0.25) is 9.59 Å². The molecular formula is C17H26ClN3O3. The van der Waals surface area contributed by atoms with Crippen molar-refractivity contribution in [2.45, 2.75) is 26.0 Å². The first-order valence-corrected chi connectivity index (χ1v) is 8.01. The van der Waals surface area contributed by atoms with E-state index in [1.807, 2.05) is 19.9 Å². The summed E-state index contributed by atoms with van der Waals surface area (Å²) >= 11 is 0. The number of amides is 2. The van der Waals surface area contributed by atoms with Crippen LogP contribution in [0.5, 0.6) is 0 Å². The molecule has 4 N–H and O–H groups in total. The second-order valence-electron chi connectivity index (χ2n) is 6.29. The van der Waals surface area contributed by atoms with E-state index in [9.17, 15) is 14.7 Å². The van der Waals surface area contributed by atoms with Gasteiger partial charge < -0.3 is 21.1 Å². The summed E-state index contributed by atoms with van der Waals surface area (Å²) in [5.41, 5.74) is 0.529. The first kappa shape index (κ1) is 20.4. The monoisotopic (exact) mass is 355 g/mol. The standard InChI is InChI=1S/C17H25N3O3.ClH/c1-11(2)15(20-16(22)12-6-4-3-5-7-12)17(23)19-9-13-8-18-10-14(13)21;/h3-7,11,13-15,18,21H,8-10H2,1-2H3,(H,19,23)(H,20,22);1H. The molecule has 1 aromatic rings. The van der Waals surface area contributed by atoms with Gasteiger partial charge in [-0.15, -0.1) is 12.4 Å². The molecule has 0 bridgehead atoms. The van der Waals surface area contributed by atoms with E-state index in [0.717, 1.165) is 0 Å².